The maximum Gasteiger partial charge on any atom is 0.271 e. The minimum absolute atomic E-state index is 0.124. The highest BCUT2D eigenvalue weighted by atomic mass is 35.5. The molecule has 1 amide bonds. The monoisotopic (exact) mass is 404 g/mol. The zero-order valence-electron chi connectivity index (χ0n) is 15.3. The molecule has 9 heteroatoms. The van der Waals surface area contributed by atoms with Crippen LogP contribution in [-0.4, -0.2) is 53.1 Å². The summed E-state index contributed by atoms with van der Waals surface area (Å²) in [7, 11) is 0. The van der Waals surface area contributed by atoms with Crippen molar-refractivity contribution in [2.24, 2.45) is 0 Å². The second-order valence-electron chi connectivity index (χ2n) is 6.63. The van der Waals surface area contributed by atoms with E-state index in [-0.39, 0.29) is 28.4 Å². The Hall–Kier alpha value is -2.84. The summed E-state index contributed by atoms with van der Waals surface area (Å²) in [5.74, 6) is 0.0198. The van der Waals surface area contributed by atoms with E-state index in [0.717, 1.165) is 18.8 Å². The lowest BCUT2D eigenvalue weighted by atomic mass is 10.2. The Labute approximate surface area is 167 Å². The molecule has 2 N–H and O–H groups in total. The first-order valence-corrected chi connectivity index (χ1v) is 9.26. The molecule has 1 heterocycles. The van der Waals surface area contributed by atoms with Crippen LogP contribution in [0.1, 0.15) is 6.92 Å². The van der Waals surface area contributed by atoms with E-state index in [0.29, 0.717) is 18.8 Å². The van der Waals surface area contributed by atoms with Crippen LogP contribution in [0, 0.1) is 10.1 Å². The molecule has 0 bridgehead atoms. The van der Waals surface area contributed by atoms with E-state index in [1.807, 2.05) is 19.1 Å². The third-order valence-electron chi connectivity index (χ3n) is 4.88. The first kappa shape index (κ1) is 19.9. The van der Waals surface area contributed by atoms with Gasteiger partial charge in [0.2, 0.25) is 5.91 Å². The highest BCUT2D eigenvalue weighted by molar-refractivity contribution is 6.34. The number of anilines is 2. The highest BCUT2D eigenvalue weighted by Gasteiger charge is 2.26. The van der Waals surface area contributed by atoms with Gasteiger partial charge in [0, 0.05) is 44.0 Å². The number of amides is 1. The van der Waals surface area contributed by atoms with E-state index in [4.69, 9.17) is 11.6 Å². The number of nitrogens with zero attached hydrogens (tertiary/aromatic N) is 3. The Balaban J connectivity index is 1.57. The Morgan fingerprint density at radius 3 is 2.39 bits per heavy atom. The molecule has 3 rings (SSSR count). The van der Waals surface area contributed by atoms with Crippen molar-refractivity contribution < 1.29 is 14.8 Å². The number of non-ortho nitro benzene ring substituents is 1. The number of phenolic OH excluding ortho intramolecular Hbond substituents is 1. The molecule has 28 heavy (non-hydrogen) atoms. The molecular weight excluding hydrogens is 384 g/mol. The fourth-order valence-electron chi connectivity index (χ4n) is 3.15. The van der Waals surface area contributed by atoms with Gasteiger partial charge >= 0.3 is 0 Å². The van der Waals surface area contributed by atoms with Crippen molar-refractivity contribution >= 4 is 34.6 Å². The standard InChI is InChI=1S/C19H21ClN4O4/c1-13(19(26)21-18-7-4-15(24(27)28)12-17(18)20)22-8-10-23(11-9-22)14-2-5-16(25)6-3-14/h2-7,12-13,25H,8-11H2,1H3,(H,21,26)/t13-/m0/s1. The Morgan fingerprint density at radius 1 is 1.18 bits per heavy atom. The highest BCUT2D eigenvalue weighted by Crippen LogP contribution is 2.27. The summed E-state index contributed by atoms with van der Waals surface area (Å²) in [6.07, 6.45) is 0. The van der Waals surface area contributed by atoms with Gasteiger partial charge in [-0.2, -0.15) is 0 Å². The van der Waals surface area contributed by atoms with Crippen LogP contribution in [0.15, 0.2) is 42.5 Å². The number of nitrogens with one attached hydrogen (secondary N) is 1. The van der Waals surface area contributed by atoms with Crippen molar-refractivity contribution in [1.29, 1.82) is 0 Å². The molecule has 0 unspecified atom stereocenters. The van der Waals surface area contributed by atoms with Crippen LogP contribution in [-0.2, 0) is 4.79 Å². The number of rotatable bonds is 5. The average Bonchev–Trinajstić information content (AvgIpc) is 2.69. The van der Waals surface area contributed by atoms with Crippen molar-refractivity contribution in [1.82, 2.24) is 4.90 Å². The molecule has 1 fully saturated rings. The quantitative estimate of drug-likeness (QED) is 0.586. The van der Waals surface area contributed by atoms with Crippen molar-refractivity contribution in [2.75, 3.05) is 36.4 Å². The number of phenols is 1. The molecule has 2 aromatic rings. The third-order valence-corrected chi connectivity index (χ3v) is 5.19. The first-order valence-electron chi connectivity index (χ1n) is 8.88. The van der Waals surface area contributed by atoms with Gasteiger partial charge in [-0.05, 0) is 37.3 Å². The summed E-state index contributed by atoms with van der Waals surface area (Å²) < 4.78 is 0. The van der Waals surface area contributed by atoms with E-state index in [1.54, 1.807) is 12.1 Å². The number of carbonyl (C=O) groups is 1. The molecule has 2 aromatic carbocycles. The van der Waals surface area contributed by atoms with Gasteiger partial charge in [0.1, 0.15) is 5.75 Å². The van der Waals surface area contributed by atoms with Crippen LogP contribution in [0.4, 0.5) is 17.1 Å². The summed E-state index contributed by atoms with van der Waals surface area (Å²) >= 11 is 6.05. The Kier molecular flexibility index (Phi) is 6.01. The largest absolute Gasteiger partial charge is 0.508 e. The van der Waals surface area contributed by atoms with Crippen LogP contribution >= 0.6 is 11.6 Å². The van der Waals surface area contributed by atoms with Gasteiger partial charge in [0.05, 0.1) is 21.7 Å². The number of aromatic hydroxyl groups is 1. The second-order valence-corrected chi connectivity index (χ2v) is 7.03. The van der Waals surface area contributed by atoms with Crippen LogP contribution in [0.25, 0.3) is 0 Å². The molecule has 8 nitrogen and oxygen atoms in total. The molecule has 0 saturated carbocycles. The Morgan fingerprint density at radius 2 is 1.82 bits per heavy atom. The van der Waals surface area contributed by atoms with E-state index >= 15 is 0 Å². The summed E-state index contributed by atoms with van der Waals surface area (Å²) in [6, 6.07) is 10.7. The first-order chi connectivity index (χ1) is 13.3. The normalized spacial score (nSPS) is 15.9. The number of halogens is 1. The van der Waals surface area contributed by atoms with Gasteiger partial charge in [-0.25, -0.2) is 0 Å². The number of hydrogen-bond donors (Lipinski definition) is 2. The molecule has 1 aliphatic rings. The molecule has 1 saturated heterocycles. The van der Waals surface area contributed by atoms with Crippen molar-refractivity contribution in [3.8, 4) is 5.75 Å². The zero-order chi connectivity index (χ0) is 20.3. The molecule has 0 aliphatic carbocycles. The predicted octanol–water partition coefficient (Wildman–Crippen LogP) is 3.10. The second kappa shape index (κ2) is 8.45. The van der Waals surface area contributed by atoms with Crippen LogP contribution in [0.5, 0.6) is 5.75 Å². The summed E-state index contributed by atoms with van der Waals surface area (Å²) in [5.41, 5.74) is 1.26. The lowest BCUT2D eigenvalue weighted by Crippen LogP contribution is -2.52. The summed E-state index contributed by atoms with van der Waals surface area (Å²) in [6.45, 7) is 4.78. The summed E-state index contributed by atoms with van der Waals surface area (Å²) in [4.78, 5) is 27.1. The van der Waals surface area contributed by atoms with E-state index in [1.165, 1.54) is 18.2 Å². The zero-order valence-corrected chi connectivity index (χ0v) is 16.1. The van der Waals surface area contributed by atoms with Gasteiger partial charge in [0.15, 0.2) is 0 Å². The molecular formula is C19H21ClN4O4. The van der Waals surface area contributed by atoms with E-state index in [9.17, 15) is 20.0 Å². The van der Waals surface area contributed by atoms with Gasteiger partial charge in [0.25, 0.3) is 5.69 Å². The van der Waals surface area contributed by atoms with Gasteiger partial charge < -0.3 is 15.3 Å². The molecule has 1 atom stereocenters. The van der Waals surface area contributed by atoms with Crippen molar-refractivity contribution in [3.63, 3.8) is 0 Å². The fraction of sp³-hybridized carbons (Fsp3) is 0.316. The maximum absolute atomic E-state index is 12.6. The predicted molar refractivity (Wildman–Crippen MR) is 108 cm³/mol. The van der Waals surface area contributed by atoms with E-state index < -0.39 is 4.92 Å². The fourth-order valence-corrected chi connectivity index (χ4v) is 3.37. The van der Waals surface area contributed by atoms with E-state index in [2.05, 4.69) is 15.1 Å². The van der Waals surface area contributed by atoms with Crippen molar-refractivity contribution in [2.45, 2.75) is 13.0 Å². The van der Waals surface area contributed by atoms with Gasteiger partial charge in [-0.15, -0.1) is 0 Å². The maximum atomic E-state index is 12.6. The molecule has 0 spiro atoms. The van der Waals surface area contributed by atoms with Gasteiger partial charge in [-0.1, -0.05) is 11.6 Å². The van der Waals surface area contributed by atoms with Gasteiger partial charge in [-0.3, -0.25) is 19.8 Å². The minimum Gasteiger partial charge on any atom is -0.508 e. The number of nitro benzene ring substituents is 1. The number of benzene rings is 2. The lowest BCUT2D eigenvalue weighted by Gasteiger charge is -2.38. The minimum atomic E-state index is -0.534. The smallest absolute Gasteiger partial charge is 0.271 e. The number of piperazine rings is 1. The SMILES string of the molecule is C[C@@H](C(=O)Nc1ccc([N+](=O)[O-])cc1Cl)N1CCN(c2ccc(O)cc2)CC1. The molecule has 0 aromatic heterocycles. The summed E-state index contributed by atoms with van der Waals surface area (Å²) in [5, 5.41) is 23.1. The third kappa shape index (κ3) is 4.52. The number of hydrogen-bond acceptors (Lipinski definition) is 6. The number of carbonyl (C=O) groups excluding carboxylic acids is 1. The van der Waals surface area contributed by atoms with Crippen LogP contribution < -0.4 is 10.2 Å². The molecule has 1 aliphatic heterocycles. The topological polar surface area (TPSA) is 98.9 Å². The average molecular weight is 405 g/mol. The Bertz CT molecular complexity index is 867. The van der Waals surface area contributed by atoms with Crippen LogP contribution in [0.2, 0.25) is 5.02 Å². The lowest BCUT2D eigenvalue weighted by molar-refractivity contribution is -0.384. The molecule has 148 valence electrons. The van der Waals surface area contributed by atoms with Crippen LogP contribution in [0.3, 0.4) is 0 Å². The van der Waals surface area contributed by atoms with Crippen molar-refractivity contribution in [3.05, 3.63) is 57.6 Å². The number of nitro groups is 1. The molecule has 0 radical (unpaired) electrons.